The number of pyridine rings is 1. The number of benzodiazepines with no additional fused rings is 1. The first-order chi connectivity index (χ1) is 12.6. The number of aliphatic imine (C=N–C) groups is 1. The van der Waals surface area contributed by atoms with E-state index in [0.717, 1.165) is 44.7 Å². The van der Waals surface area contributed by atoms with E-state index in [2.05, 4.69) is 37.9 Å². The summed E-state index contributed by atoms with van der Waals surface area (Å²) < 4.78 is 15.0. The highest BCUT2D eigenvalue weighted by molar-refractivity contribution is 9.10. The van der Waals surface area contributed by atoms with Crippen molar-refractivity contribution in [3.63, 3.8) is 0 Å². The lowest BCUT2D eigenvalue weighted by Gasteiger charge is -2.20. The Morgan fingerprint density at radius 2 is 1.82 bits per heavy atom. The number of hydrogen-bond acceptors (Lipinski definition) is 3. The number of halogens is 4. The van der Waals surface area contributed by atoms with E-state index in [9.17, 15) is 4.39 Å². The van der Waals surface area contributed by atoms with Crippen LogP contribution in [-0.4, -0.2) is 30.8 Å². The van der Waals surface area contributed by atoms with Crippen LogP contribution in [0.25, 0.3) is 11.1 Å². The summed E-state index contributed by atoms with van der Waals surface area (Å²) in [6, 6.07) is 15.0. The minimum Gasteiger partial charge on any atom is -0.372 e. The standard InChI is InChI=1S/C21H17BrFN3.2ClH/c1-26-10-9-25-21(18-12-16(23)5-6-20(18)26)19-13-24-8-7-17(19)14-3-2-4-15(22)11-14;;/h2-8,11-13H,9-10H2,1H3;2*1H. The quantitative estimate of drug-likeness (QED) is 0.463. The molecule has 0 unspecified atom stereocenters. The topological polar surface area (TPSA) is 28.5 Å². The average Bonchev–Trinajstić information content (AvgIpc) is 2.80. The molecule has 146 valence electrons. The Hall–Kier alpha value is -1.95. The largest absolute Gasteiger partial charge is 0.372 e. The highest BCUT2D eigenvalue weighted by atomic mass is 79.9. The van der Waals surface area contributed by atoms with Crippen LogP contribution < -0.4 is 4.90 Å². The number of nitrogens with zero attached hydrogens (tertiary/aromatic N) is 3. The molecule has 0 spiro atoms. The number of benzene rings is 2. The first kappa shape index (κ1) is 22.3. The van der Waals surface area contributed by atoms with Gasteiger partial charge in [0.2, 0.25) is 0 Å². The summed E-state index contributed by atoms with van der Waals surface area (Å²) >= 11 is 3.53. The van der Waals surface area contributed by atoms with Crippen molar-refractivity contribution in [1.29, 1.82) is 0 Å². The molecule has 0 fully saturated rings. The summed E-state index contributed by atoms with van der Waals surface area (Å²) in [7, 11) is 2.01. The number of fused-ring (bicyclic) bond motifs is 1. The summed E-state index contributed by atoms with van der Waals surface area (Å²) in [6.07, 6.45) is 3.59. The van der Waals surface area contributed by atoms with Crippen LogP contribution in [0.5, 0.6) is 0 Å². The van der Waals surface area contributed by atoms with Crippen LogP contribution in [0, 0.1) is 5.82 Å². The molecule has 3 aromatic rings. The second-order valence-electron chi connectivity index (χ2n) is 6.24. The van der Waals surface area contributed by atoms with E-state index < -0.39 is 0 Å². The third kappa shape index (κ3) is 4.37. The molecular formula is C21H19BrCl2FN3. The van der Waals surface area contributed by atoms with E-state index >= 15 is 0 Å². The normalized spacial score (nSPS) is 12.8. The summed E-state index contributed by atoms with van der Waals surface area (Å²) in [4.78, 5) is 11.2. The lowest BCUT2D eigenvalue weighted by atomic mass is 9.94. The fourth-order valence-electron chi connectivity index (χ4n) is 3.27. The van der Waals surface area contributed by atoms with Gasteiger partial charge in [0.05, 0.1) is 12.3 Å². The Balaban J connectivity index is 0.00000140. The molecule has 0 amide bonds. The Morgan fingerprint density at radius 3 is 2.61 bits per heavy atom. The van der Waals surface area contributed by atoms with Crippen LogP contribution in [0.15, 0.2) is 70.4 Å². The van der Waals surface area contributed by atoms with Crippen molar-refractivity contribution < 1.29 is 4.39 Å². The number of hydrogen-bond donors (Lipinski definition) is 0. The molecular weight excluding hydrogens is 464 g/mol. The van der Waals surface area contributed by atoms with E-state index in [0.29, 0.717) is 6.54 Å². The Kier molecular flexibility index (Phi) is 7.58. The van der Waals surface area contributed by atoms with Crippen molar-refractivity contribution in [2.24, 2.45) is 4.99 Å². The Morgan fingerprint density at radius 1 is 1.00 bits per heavy atom. The van der Waals surface area contributed by atoms with Crippen molar-refractivity contribution in [1.82, 2.24) is 4.98 Å². The lowest BCUT2D eigenvalue weighted by molar-refractivity contribution is 0.627. The Labute approximate surface area is 184 Å². The third-order valence-corrected chi connectivity index (χ3v) is 5.04. The van der Waals surface area contributed by atoms with Gasteiger partial charge in [-0.3, -0.25) is 9.98 Å². The SMILES string of the molecule is CN1CCN=C(c2cnccc2-c2cccc(Br)c2)c2cc(F)ccc21.Cl.Cl. The lowest BCUT2D eigenvalue weighted by Crippen LogP contribution is -2.20. The number of aromatic nitrogens is 1. The molecule has 0 N–H and O–H groups in total. The highest BCUT2D eigenvalue weighted by Crippen LogP contribution is 2.31. The predicted molar refractivity (Wildman–Crippen MR) is 122 cm³/mol. The van der Waals surface area contributed by atoms with Crippen molar-refractivity contribution >= 4 is 52.1 Å². The van der Waals surface area contributed by atoms with Crippen LogP contribution in [-0.2, 0) is 0 Å². The first-order valence-corrected chi connectivity index (χ1v) is 9.18. The minimum absolute atomic E-state index is 0. The van der Waals surface area contributed by atoms with Gasteiger partial charge in [-0.15, -0.1) is 24.8 Å². The summed E-state index contributed by atoms with van der Waals surface area (Å²) in [5.74, 6) is -0.264. The predicted octanol–water partition coefficient (Wildman–Crippen LogP) is 5.78. The summed E-state index contributed by atoms with van der Waals surface area (Å²) in [5.41, 5.74) is 5.57. The van der Waals surface area contributed by atoms with E-state index in [1.807, 2.05) is 37.5 Å². The summed E-state index contributed by atoms with van der Waals surface area (Å²) in [6.45, 7) is 1.43. The Bertz CT molecular complexity index is 1010. The van der Waals surface area contributed by atoms with Gasteiger partial charge in [-0.1, -0.05) is 28.1 Å². The van der Waals surface area contributed by atoms with Crippen molar-refractivity contribution in [3.05, 3.63) is 82.3 Å². The molecule has 1 aliphatic heterocycles. The zero-order valence-electron chi connectivity index (χ0n) is 15.1. The highest BCUT2D eigenvalue weighted by Gasteiger charge is 2.21. The average molecular weight is 483 g/mol. The van der Waals surface area contributed by atoms with Crippen LogP contribution >= 0.6 is 40.7 Å². The number of likely N-dealkylation sites (N-methyl/N-ethyl adjacent to an activating group) is 1. The molecule has 3 nitrogen and oxygen atoms in total. The van der Waals surface area contributed by atoms with Gasteiger partial charge in [0.25, 0.3) is 0 Å². The molecule has 2 aromatic carbocycles. The molecule has 2 heterocycles. The summed E-state index contributed by atoms with van der Waals surface area (Å²) in [5, 5.41) is 0. The maximum absolute atomic E-state index is 14.0. The monoisotopic (exact) mass is 481 g/mol. The van der Waals surface area contributed by atoms with E-state index in [4.69, 9.17) is 4.99 Å². The molecule has 1 aliphatic rings. The maximum Gasteiger partial charge on any atom is 0.124 e. The van der Waals surface area contributed by atoms with Gasteiger partial charge in [-0.2, -0.15) is 0 Å². The van der Waals surface area contributed by atoms with Crippen molar-refractivity contribution in [2.75, 3.05) is 25.0 Å². The van der Waals surface area contributed by atoms with Crippen LogP contribution in [0.1, 0.15) is 11.1 Å². The van der Waals surface area contributed by atoms with Gasteiger partial charge in [0.1, 0.15) is 5.82 Å². The van der Waals surface area contributed by atoms with E-state index in [-0.39, 0.29) is 30.6 Å². The molecule has 7 heteroatoms. The fourth-order valence-corrected chi connectivity index (χ4v) is 3.67. The minimum atomic E-state index is -0.264. The van der Waals surface area contributed by atoms with Crippen LogP contribution in [0.4, 0.5) is 10.1 Å². The van der Waals surface area contributed by atoms with E-state index in [1.54, 1.807) is 12.3 Å². The van der Waals surface area contributed by atoms with Crippen molar-refractivity contribution in [3.8, 4) is 11.1 Å². The second-order valence-corrected chi connectivity index (χ2v) is 7.16. The van der Waals surface area contributed by atoms with Gasteiger partial charge in [0.15, 0.2) is 0 Å². The molecule has 28 heavy (non-hydrogen) atoms. The molecule has 4 rings (SSSR count). The second kappa shape index (κ2) is 9.50. The molecule has 0 saturated heterocycles. The molecule has 0 saturated carbocycles. The van der Waals surface area contributed by atoms with Crippen molar-refractivity contribution in [2.45, 2.75) is 0 Å². The number of anilines is 1. The fraction of sp³-hybridized carbons (Fsp3) is 0.143. The molecule has 1 aromatic heterocycles. The first-order valence-electron chi connectivity index (χ1n) is 8.39. The van der Waals surface area contributed by atoms with Gasteiger partial charge < -0.3 is 4.90 Å². The van der Waals surface area contributed by atoms with Gasteiger partial charge in [0, 0.05) is 47.3 Å². The third-order valence-electron chi connectivity index (χ3n) is 4.54. The van der Waals surface area contributed by atoms with E-state index in [1.165, 1.54) is 6.07 Å². The zero-order valence-corrected chi connectivity index (χ0v) is 18.3. The molecule has 0 atom stereocenters. The molecule has 0 aliphatic carbocycles. The van der Waals surface area contributed by atoms with Gasteiger partial charge in [-0.05, 0) is 47.5 Å². The zero-order chi connectivity index (χ0) is 18.1. The van der Waals surface area contributed by atoms with Gasteiger partial charge >= 0.3 is 0 Å². The maximum atomic E-state index is 14.0. The molecule has 0 bridgehead atoms. The van der Waals surface area contributed by atoms with Crippen LogP contribution in [0.3, 0.4) is 0 Å². The van der Waals surface area contributed by atoms with Gasteiger partial charge in [-0.25, -0.2) is 4.39 Å². The smallest absolute Gasteiger partial charge is 0.124 e. The number of rotatable bonds is 2. The molecule has 0 radical (unpaired) electrons. The van der Waals surface area contributed by atoms with Crippen LogP contribution in [0.2, 0.25) is 0 Å².